The fourth-order valence-corrected chi connectivity index (χ4v) is 2.52. The van der Waals surface area contributed by atoms with Gasteiger partial charge in [0, 0.05) is 6.54 Å². The van der Waals surface area contributed by atoms with E-state index in [1.165, 1.54) is 0 Å². The van der Waals surface area contributed by atoms with Crippen LogP contribution >= 0.6 is 0 Å². The van der Waals surface area contributed by atoms with Crippen LogP contribution in [0.15, 0.2) is 29.4 Å². The zero-order chi connectivity index (χ0) is 12.3. The van der Waals surface area contributed by atoms with E-state index >= 15 is 0 Å². The van der Waals surface area contributed by atoms with Crippen LogP contribution < -0.4 is 4.72 Å². The average molecular weight is 253 g/mol. The van der Waals surface area contributed by atoms with Gasteiger partial charge in [0.2, 0.25) is 5.16 Å². The number of nitrogens with zero attached hydrogens (tertiary/aromatic N) is 1. The van der Waals surface area contributed by atoms with E-state index in [0.717, 1.165) is 18.4 Å². The van der Waals surface area contributed by atoms with Gasteiger partial charge >= 0.3 is 0 Å². The van der Waals surface area contributed by atoms with Gasteiger partial charge in [0.15, 0.2) is 0 Å². The number of imidazole rings is 1. The standard InChI is InChI=1S/C11H15N3O2S/c1-2-3-8-12-17(15,16)11-13-9-6-4-5-7-10(9)14-11/h4-7,12H,2-3,8H2,1H3,(H,13,14). The van der Waals surface area contributed by atoms with Crippen molar-refractivity contribution >= 4 is 21.1 Å². The molecule has 0 bridgehead atoms. The molecule has 0 unspecified atom stereocenters. The Kier molecular flexibility index (Phi) is 3.44. The van der Waals surface area contributed by atoms with Gasteiger partial charge in [0.05, 0.1) is 11.0 Å². The zero-order valence-corrected chi connectivity index (χ0v) is 10.4. The third-order valence-corrected chi connectivity index (χ3v) is 3.73. The summed E-state index contributed by atoms with van der Waals surface area (Å²) in [5.41, 5.74) is 1.38. The van der Waals surface area contributed by atoms with Gasteiger partial charge in [-0.1, -0.05) is 25.5 Å². The lowest BCUT2D eigenvalue weighted by Gasteiger charge is -2.01. The van der Waals surface area contributed by atoms with Crippen molar-refractivity contribution in [3.05, 3.63) is 24.3 Å². The molecule has 0 aliphatic heterocycles. The number of para-hydroxylation sites is 2. The smallest absolute Gasteiger partial charge is 0.274 e. The Labute approximate surface area is 100 Å². The van der Waals surface area contributed by atoms with Crippen molar-refractivity contribution in [1.82, 2.24) is 14.7 Å². The fourth-order valence-electron chi connectivity index (χ4n) is 1.51. The Bertz CT molecular complexity index is 571. The fraction of sp³-hybridized carbons (Fsp3) is 0.364. The molecule has 0 aliphatic rings. The van der Waals surface area contributed by atoms with Crippen molar-refractivity contribution in [2.75, 3.05) is 6.54 Å². The second kappa shape index (κ2) is 4.85. The van der Waals surface area contributed by atoms with Crippen molar-refractivity contribution in [2.45, 2.75) is 24.9 Å². The molecule has 0 saturated heterocycles. The number of aromatic amines is 1. The number of sulfonamides is 1. The highest BCUT2D eigenvalue weighted by Gasteiger charge is 2.17. The van der Waals surface area contributed by atoms with Gasteiger partial charge < -0.3 is 4.98 Å². The van der Waals surface area contributed by atoms with Crippen molar-refractivity contribution in [2.24, 2.45) is 0 Å². The number of fused-ring (bicyclic) bond motifs is 1. The summed E-state index contributed by atoms with van der Waals surface area (Å²) in [6.07, 6.45) is 1.77. The first-order valence-corrected chi connectivity index (χ1v) is 7.06. The maximum atomic E-state index is 11.9. The normalized spacial score (nSPS) is 12.1. The van der Waals surface area contributed by atoms with Crippen LogP contribution in [0.2, 0.25) is 0 Å². The van der Waals surface area contributed by atoms with Gasteiger partial charge in [-0.3, -0.25) is 0 Å². The van der Waals surface area contributed by atoms with Crippen molar-refractivity contribution in [3.8, 4) is 0 Å². The van der Waals surface area contributed by atoms with E-state index in [9.17, 15) is 8.42 Å². The number of rotatable bonds is 5. The molecule has 1 heterocycles. The van der Waals surface area contributed by atoms with Crippen LogP contribution in [0.3, 0.4) is 0 Å². The van der Waals surface area contributed by atoms with Gasteiger partial charge in [-0.2, -0.15) is 0 Å². The number of unbranched alkanes of at least 4 members (excludes halogenated alkanes) is 1. The molecule has 0 saturated carbocycles. The molecule has 1 aromatic carbocycles. The molecule has 0 spiro atoms. The lowest BCUT2D eigenvalue weighted by molar-refractivity contribution is 0.571. The predicted octanol–water partition coefficient (Wildman–Crippen LogP) is 1.64. The molecule has 5 nitrogen and oxygen atoms in total. The van der Waals surface area contributed by atoms with Crippen LogP contribution in [0.5, 0.6) is 0 Å². The Morgan fingerprint density at radius 3 is 2.82 bits per heavy atom. The molecule has 17 heavy (non-hydrogen) atoms. The highest BCUT2D eigenvalue weighted by molar-refractivity contribution is 7.89. The highest BCUT2D eigenvalue weighted by Crippen LogP contribution is 2.13. The Hall–Kier alpha value is -1.40. The molecule has 92 valence electrons. The highest BCUT2D eigenvalue weighted by atomic mass is 32.2. The topological polar surface area (TPSA) is 74.8 Å². The molecule has 2 N–H and O–H groups in total. The van der Waals surface area contributed by atoms with E-state index in [-0.39, 0.29) is 5.16 Å². The maximum Gasteiger partial charge on any atom is 0.274 e. The lowest BCUT2D eigenvalue weighted by atomic mass is 10.3. The van der Waals surface area contributed by atoms with Gasteiger partial charge in [-0.05, 0) is 18.6 Å². The summed E-state index contributed by atoms with van der Waals surface area (Å²) in [5.74, 6) is 0. The molecule has 2 aromatic rings. The minimum absolute atomic E-state index is 0.0187. The number of nitrogens with one attached hydrogen (secondary N) is 2. The van der Waals surface area contributed by atoms with E-state index in [2.05, 4.69) is 14.7 Å². The lowest BCUT2D eigenvalue weighted by Crippen LogP contribution is -2.25. The Balaban J connectivity index is 2.26. The second-order valence-corrected chi connectivity index (χ2v) is 5.49. The second-order valence-electron chi connectivity index (χ2n) is 3.81. The van der Waals surface area contributed by atoms with E-state index in [0.29, 0.717) is 12.1 Å². The number of aromatic nitrogens is 2. The van der Waals surface area contributed by atoms with Crippen LogP contribution in [0.1, 0.15) is 19.8 Å². The first-order valence-electron chi connectivity index (χ1n) is 5.58. The third kappa shape index (κ3) is 2.65. The summed E-state index contributed by atoms with van der Waals surface area (Å²) >= 11 is 0. The zero-order valence-electron chi connectivity index (χ0n) is 9.60. The molecule has 0 fully saturated rings. The summed E-state index contributed by atoms with van der Waals surface area (Å²) < 4.78 is 26.3. The molecule has 1 aromatic heterocycles. The predicted molar refractivity (Wildman–Crippen MR) is 66.2 cm³/mol. The SMILES string of the molecule is CCCCNS(=O)(=O)c1nc2ccccc2[nH]1. The van der Waals surface area contributed by atoms with Crippen molar-refractivity contribution < 1.29 is 8.42 Å². The van der Waals surface area contributed by atoms with Crippen molar-refractivity contribution in [1.29, 1.82) is 0 Å². The summed E-state index contributed by atoms with van der Waals surface area (Å²) in [6.45, 7) is 2.45. The summed E-state index contributed by atoms with van der Waals surface area (Å²) in [5, 5.41) is -0.0187. The van der Waals surface area contributed by atoms with Crippen LogP contribution in [0.4, 0.5) is 0 Å². The van der Waals surface area contributed by atoms with Crippen LogP contribution in [-0.2, 0) is 10.0 Å². The Morgan fingerprint density at radius 2 is 2.12 bits per heavy atom. The van der Waals surface area contributed by atoms with Gasteiger partial charge in [-0.15, -0.1) is 0 Å². The summed E-state index contributed by atoms with van der Waals surface area (Å²) in [6, 6.07) is 7.23. The molecule has 6 heteroatoms. The van der Waals surface area contributed by atoms with E-state index in [1.54, 1.807) is 12.1 Å². The van der Waals surface area contributed by atoms with Gasteiger partial charge in [0.1, 0.15) is 0 Å². The third-order valence-electron chi connectivity index (χ3n) is 2.44. The number of H-pyrrole nitrogens is 1. The van der Waals surface area contributed by atoms with E-state index in [1.807, 2.05) is 19.1 Å². The molecule has 2 rings (SSSR count). The monoisotopic (exact) mass is 253 g/mol. The first kappa shape index (κ1) is 12.1. The number of hydrogen-bond acceptors (Lipinski definition) is 3. The van der Waals surface area contributed by atoms with Gasteiger partial charge in [-0.25, -0.2) is 18.1 Å². The molecule has 0 atom stereocenters. The average Bonchev–Trinajstić information content (AvgIpc) is 2.73. The summed E-state index contributed by atoms with van der Waals surface area (Å²) in [4.78, 5) is 6.86. The van der Waals surface area contributed by atoms with Crippen LogP contribution in [0, 0.1) is 0 Å². The van der Waals surface area contributed by atoms with Crippen LogP contribution in [-0.4, -0.2) is 24.9 Å². The molecular formula is C11H15N3O2S. The minimum atomic E-state index is -3.51. The quantitative estimate of drug-likeness (QED) is 0.795. The van der Waals surface area contributed by atoms with E-state index in [4.69, 9.17) is 0 Å². The maximum absolute atomic E-state index is 11.9. The summed E-state index contributed by atoms with van der Waals surface area (Å²) in [7, 11) is -3.51. The molecule has 0 radical (unpaired) electrons. The van der Waals surface area contributed by atoms with Crippen LogP contribution in [0.25, 0.3) is 11.0 Å². The van der Waals surface area contributed by atoms with Crippen molar-refractivity contribution in [3.63, 3.8) is 0 Å². The molecular weight excluding hydrogens is 238 g/mol. The van der Waals surface area contributed by atoms with E-state index < -0.39 is 10.0 Å². The molecule has 0 amide bonds. The molecule has 0 aliphatic carbocycles. The first-order chi connectivity index (χ1) is 8.13. The number of benzene rings is 1. The minimum Gasteiger partial charge on any atom is -0.328 e. The van der Waals surface area contributed by atoms with Gasteiger partial charge in [0.25, 0.3) is 10.0 Å². The number of hydrogen-bond donors (Lipinski definition) is 2. The Morgan fingerprint density at radius 1 is 1.35 bits per heavy atom. The largest absolute Gasteiger partial charge is 0.328 e.